The summed E-state index contributed by atoms with van der Waals surface area (Å²) in [6.45, 7) is 31.3. The summed E-state index contributed by atoms with van der Waals surface area (Å²) in [5.41, 5.74) is -2.85. The number of ether oxygens (including phenoxy) is 1. The Labute approximate surface area is 272 Å². The molecule has 2 N–H and O–H groups in total. The molecule has 0 bridgehead atoms. The Morgan fingerprint density at radius 1 is 0.841 bits per heavy atom. The van der Waals surface area contributed by atoms with Crippen molar-refractivity contribution in [1.29, 1.82) is 0 Å². The van der Waals surface area contributed by atoms with Crippen LogP contribution in [0.1, 0.15) is 147 Å². The molecule has 0 unspecified atom stereocenters. The largest absolute Gasteiger partial charge is 0.460 e. The highest BCUT2D eigenvalue weighted by Gasteiger charge is 2.52. The zero-order valence-electron chi connectivity index (χ0n) is 29.5. The summed E-state index contributed by atoms with van der Waals surface area (Å²) in [5.74, 6) is 0.744. The Morgan fingerprint density at radius 2 is 1.27 bits per heavy atom. The maximum atomic E-state index is 12.1. The molecule has 5 nitrogen and oxygen atoms in total. The van der Waals surface area contributed by atoms with E-state index in [9.17, 15) is 19.8 Å². The van der Waals surface area contributed by atoms with E-state index in [1.54, 1.807) is 6.08 Å². The molecule has 5 heteroatoms. The van der Waals surface area contributed by atoms with Gasteiger partial charge in [-0.2, -0.15) is 0 Å². The third-order valence-electron chi connectivity index (χ3n) is 11.3. The second kappa shape index (κ2) is 16.2. The van der Waals surface area contributed by atoms with Crippen molar-refractivity contribution in [2.75, 3.05) is 0 Å². The summed E-state index contributed by atoms with van der Waals surface area (Å²) in [6, 6.07) is 0. The van der Waals surface area contributed by atoms with Crippen molar-refractivity contribution in [2.45, 2.75) is 164 Å². The minimum Gasteiger partial charge on any atom is -0.460 e. The number of ketones is 1. The van der Waals surface area contributed by atoms with Crippen LogP contribution in [0.4, 0.5) is 0 Å². The SMILES string of the molecule is C.C=C[C@@]1(C)CCC[C@@H](C)C1=O.C=C[C@@]1(C)CCC[C@@H](C)[C@@]1(O)CC.C=C[C@@]1(C)CCC[C@@H](C)[C@]1(O)CC(=O)OC(C)(C)C. The van der Waals surface area contributed by atoms with Gasteiger partial charge in [-0.15, -0.1) is 19.7 Å². The molecule has 3 fully saturated rings. The van der Waals surface area contributed by atoms with E-state index in [0.29, 0.717) is 11.7 Å². The zero-order valence-corrected chi connectivity index (χ0v) is 29.5. The molecule has 3 aliphatic rings. The third-order valence-corrected chi connectivity index (χ3v) is 11.3. The fourth-order valence-corrected chi connectivity index (χ4v) is 7.67. The number of carbonyl (C=O) groups is 2. The van der Waals surface area contributed by atoms with E-state index in [-0.39, 0.29) is 42.5 Å². The summed E-state index contributed by atoms with van der Waals surface area (Å²) in [5, 5.41) is 21.7. The summed E-state index contributed by atoms with van der Waals surface area (Å²) < 4.78 is 5.36. The lowest BCUT2D eigenvalue weighted by molar-refractivity contribution is -0.175. The molecule has 0 aromatic carbocycles. The molecular weight excluding hydrogens is 548 g/mol. The van der Waals surface area contributed by atoms with Gasteiger partial charge in [-0.1, -0.05) is 86.5 Å². The van der Waals surface area contributed by atoms with Crippen LogP contribution in [0.3, 0.4) is 0 Å². The maximum absolute atomic E-state index is 12.1. The van der Waals surface area contributed by atoms with E-state index in [1.807, 2.05) is 60.6 Å². The van der Waals surface area contributed by atoms with Gasteiger partial charge in [-0.05, 0) is 84.5 Å². The third kappa shape index (κ3) is 9.41. The molecule has 3 aliphatic carbocycles. The monoisotopic (exact) mass is 619 g/mol. The van der Waals surface area contributed by atoms with Gasteiger partial charge >= 0.3 is 5.97 Å². The molecule has 0 radical (unpaired) electrons. The molecule has 256 valence electrons. The van der Waals surface area contributed by atoms with Crippen LogP contribution >= 0.6 is 0 Å². The minimum absolute atomic E-state index is 0. The van der Waals surface area contributed by atoms with Gasteiger partial charge in [0.1, 0.15) is 11.4 Å². The highest BCUT2D eigenvalue weighted by molar-refractivity contribution is 5.88. The number of allylic oxidation sites excluding steroid dienone is 1. The predicted molar refractivity (Wildman–Crippen MR) is 186 cm³/mol. The van der Waals surface area contributed by atoms with Gasteiger partial charge in [0, 0.05) is 22.2 Å². The van der Waals surface area contributed by atoms with E-state index < -0.39 is 22.2 Å². The average molecular weight is 619 g/mol. The molecule has 8 atom stereocenters. The Balaban J connectivity index is 0.000000650. The van der Waals surface area contributed by atoms with Crippen LogP contribution in [0.5, 0.6) is 0 Å². The van der Waals surface area contributed by atoms with Crippen molar-refractivity contribution in [3.05, 3.63) is 38.0 Å². The van der Waals surface area contributed by atoms with Crippen LogP contribution in [0, 0.1) is 34.0 Å². The molecule has 3 saturated carbocycles. The molecule has 3 rings (SSSR count). The van der Waals surface area contributed by atoms with E-state index in [1.165, 1.54) is 6.42 Å². The molecule has 0 aromatic heterocycles. The molecule has 0 aromatic rings. The number of carbonyl (C=O) groups excluding carboxylic acids is 2. The lowest BCUT2D eigenvalue weighted by Crippen LogP contribution is -2.54. The Kier molecular flexibility index (Phi) is 15.6. The Hall–Kier alpha value is -1.72. The summed E-state index contributed by atoms with van der Waals surface area (Å²) in [7, 11) is 0. The molecule has 0 aliphatic heterocycles. The zero-order chi connectivity index (χ0) is 33.5. The highest BCUT2D eigenvalue weighted by Crippen LogP contribution is 2.51. The second-order valence-electron chi connectivity index (χ2n) is 15.6. The number of aliphatic hydroxyl groups is 2. The Bertz CT molecular complexity index is 979. The van der Waals surface area contributed by atoms with Crippen molar-refractivity contribution in [2.24, 2.45) is 34.0 Å². The quantitative estimate of drug-likeness (QED) is 0.229. The molecule has 0 amide bonds. The van der Waals surface area contributed by atoms with Gasteiger partial charge in [0.2, 0.25) is 0 Å². The van der Waals surface area contributed by atoms with Crippen LogP contribution in [0.15, 0.2) is 38.0 Å². The topological polar surface area (TPSA) is 83.8 Å². The standard InChI is InChI=1S/C16H28O3.C12H22O.C10H16O.CH4/c1-7-15(6)10-8-9-12(2)16(15,18)11-13(17)19-14(3,4)5;1-5-11(4)9-7-8-10(3)12(11,13)6-2;1-4-10(3)7-5-6-8(2)9(10)11;/h7,12,18H,1,8-11H2,2-6H3;5,10,13H,1,6-9H2,2-4H3;4,8H,1,5-7H2,2-3H3;1H4/t12-,15+,16-;10-,11+,12+;8-,10+;/m111./s1. The van der Waals surface area contributed by atoms with Gasteiger partial charge in [-0.3, -0.25) is 9.59 Å². The van der Waals surface area contributed by atoms with E-state index in [2.05, 4.69) is 40.5 Å². The van der Waals surface area contributed by atoms with Crippen molar-refractivity contribution in [3.63, 3.8) is 0 Å². The summed E-state index contributed by atoms with van der Waals surface area (Å²) >= 11 is 0. The van der Waals surface area contributed by atoms with Crippen molar-refractivity contribution < 1.29 is 24.5 Å². The second-order valence-corrected chi connectivity index (χ2v) is 15.6. The normalized spacial score (nSPS) is 38.7. The van der Waals surface area contributed by atoms with Crippen molar-refractivity contribution in [3.8, 4) is 0 Å². The lowest BCUT2D eigenvalue weighted by atomic mass is 9.58. The van der Waals surface area contributed by atoms with Gasteiger partial charge in [0.05, 0.1) is 17.6 Å². The van der Waals surface area contributed by atoms with Crippen molar-refractivity contribution >= 4 is 11.8 Å². The van der Waals surface area contributed by atoms with Crippen LogP contribution in [-0.2, 0) is 14.3 Å². The first-order valence-electron chi connectivity index (χ1n) is 16.8. The molecule has 0 heterocycles. The summed E-state index contributed by atoms with van der Waals surface area (Å²) in [6.07, 6.45) is 15.9. The fourth-order valence-electron chi connectivity index (χ4n) is 7.67. The van der Waals surface area contributed by atoms with E-state index in [4.69, 9.17) is 4.74 Å². The first kappa shape index (κ1) is 42.3. The lowest BCUT2D eigenvalue weighted by Gasteiger charge is -2.50. The number of esters is 1. The smallest absolute Gasteiger partial charge is 0.309 e. The highest BCUT2D eigenvalue weighted by atomic mass is 16.6. The van der Waals surface area contributed by atoms with Gasteiger partial charge in [-0.25, -0.2) is 0 Å². The van der Waals surface area contributed by atoms with E-state index in [0.717, 1.165) is 57.8 Å². The number of rotatable bonds is 6. The first-order valence-corrected chi connectivity index (χ1v) is 16.8. The van der Waals surface area contributed by atoms with Crippen LogP contribution in [0.25, 0.3) is 0 Å². The molecule has 0 saturated heterocycles. The Morgan fingerprint density at radius 3 is 1.64 bits per heavy atom. The minimum atomic E-state index is -1.06. The number of hydrogen-bond acceptors (Lipinski definition) is 5. The van der Waals surface area contributed by atoms with Crippen LogP contribution in [-0.4, -0.2) is 38.8 Å². The van der Waals surface area contributed by atoms with Gasteiger partial charge in [0.25, 0.3) is 0 Å². The van der Waals surface area contributed by atoms with Crippen LogP contribution < -0.4 is 0 Å². The molecule has 0 spiro atoms. The number of Topliss-reactive ketones (excluding diaryl/α,β-unsaturated/α-hetero) is 1. The van der Waals surface area contributed by atoms with Gasteiger partial charge < -0.3 is 14.9 Å². The first-order chi connectivity index (χ1) is 19.6. The fraction of sp³-hybridized carbons (Fsp3) is 0.795. The molecular formula is C39H70O5. The maximum Gasteiger partial charge on any atom is 0.309 e. The van der Waals surface area contributed by atoms with Gasteiger partial charge in [0.15, 0.2) is 0 Å². The van der Waals surface area contributed by atoms with Crippen LogP contribution in [0.2, 0.25) is 0 Å². The van der Waals surface area contributed by atoms with Crippen molar-refractivity contribution in [1.82, 2.24) is 0 Å². The summed E-state index contributed by atoms with van der Waals surface area (Å²) in [4.78, 5) is 23.7. The molecule has 44 heavy (non-hydrogen) atoms. The van der Waals surface area contributed by atoms with E-state index >= 15 is 0 Å². The average Bonchev–Trinajstić information content (AvgIpc) is 2.93. The number of hydrogen-bond donors (Lipinski definition) is 2. The predicted octanol–water partition coefficient (Wildman–Crippen LogP) is 9.81.